The highest BCUT2D eigenvalue weighted by molar-refractivity contribution is 9.10. The van der Waals surface area contributed by atoms with E-state index < -0.39 is 0 Å². The lowest BCUT2D eigenvalue weighted by Crippen LogP contribution is -2.32. The highest BCUT2D eigenvalue weighted by atomic mass is 79.9. The Morgan fingerprint density at radius 3 is 2.80 bits per heavy atom. The monoisotopic (exact) mass is 288 g/mol. The molecule has 0 saturated heterocycles. The normalized spacial score (nSPS) is 13.1. The zero-order chi connectivity index (χ0) is 11.3. The number of pyridine rings is 1. The zero-order valence-corrected chi connectivity index (χ0v) is 11.7. The molecule has 0 aliphatic carbocycles. The molecule has 84 valence electrons. The Morgan fingerprint density at radius 1 is 1.53 bits per heavy atom. The number of thioether (sulfide) groups is 1. The first-order chi connectivity index (χ1) is 7.15. The van der Waals surface area contributed by atoms with Crippen LogP contribution in [-0.4, -0.2) is 23.8 Å². The van der Waals surface area contributed by atoms with E-state index in [1.165, 1.54) is 0 Å². The number of hydrogen-bond donors (Lipinski definition) is 1. The van der Waals surface area contributed by atoms with Crippen molar-refractivity contribution < 1.29 is 0 Å². The summed E-state index contributed by atoms with van der Waals surface area (Å²) in [5.41, 5.74) is 0. The second kappa shape index (κ2) is 6.51. The van der Waals surface area contributed by atoms with Crippen LogP contribution in [0, 0.1) is 5.92 Å². The first-order valence-electron chi connectivity index (χ1n) is 5.05. The third-order valence-electron chi connectivity index (χ3n) is 2.30. The second-order valence-electron chi connectivity index (χ2n) is 3.74. The third-order valence-corrected chi connectivity index (χ3v) is 4.33. The molecule has 15 heavy (non-hydrogen) atoms. The predicted molar refractivity (Wildman–Crippen MR) is 70.3 cm³/mol. The fraction of sp³-hybridized carbons (Fsp3) is 0.545. The molecule has 0 aliphatic rings. The van der Waals surface area contributed by atoms with Gasteiger partial charge in [0.15, 0.2) is 0 Å². The van der Waals surface area contributed by atoms with Crippen LogP contribution in [0.2, 0.25) is 0 Å². The first-order valence-corrected chi connectivity index (χ1v) is 6.83. The summed E-state index contributed by atoms with van der Waals surface area (Å²) in [6.07, 6.45) is 1.83. The van der Waals surface area contributed by atoms with Crippen LogP contribution in [0.25, 0.3) is 0 Å². The Balaban J connectivity index is 2.53. The van der Waals surface area contributed by atoms with Crippen LogP contribution in [-0.2, 0) is 0 Å². The fourth-order valence-electron chi connectivity index (χ4n) is 1.26. The minimum Gasteiger partial charge on any atom is -0.316 e. The van der Waals surface area contributed by atoms with Crippen molar-refractivity contribution in [3.8, 4) is 0 Å². The van der Waals surface area contributed by atoms with E-state index in [1.54, 1.807) is 11.8 Å². The molecular weight excluding hydrogens is 272 g/mol. The van der Waals surface area contributed by atoms with Crippen molar-refractivity contribution >= 4 is 27.7 Å². The molecule has 0 aromatic carbocycles. The van der Waals surface area contributed by atoms with Crippen molar-refractivity contribution in [2.24, 2.45) is 5.92 Å². The average Bonchev–Trinajstić information content (AvgIpc) is 2.21. The van der Waals surface area contributed by atoms with Crippen molar-refractivity contribution in [1.82, 2.24) is 10.3 Å². The van der Waals surface area contributed by atoms with E-state index in [2.05, 4.69) is 40.1 Å². The van der Waals surface area contributed by atoms with Crippen molar-refractivity contribution in [2.45, 2.75) is 24.9 Å². The van der Waals surface area contributed by atoms with Gasteiger partial charge >= 0.3 is 0 Å². The van der Waals surface area contributed by atoms with Gasteiger partial charge in [0.1, 0.15) is 5.03 Å². The van der Waals surface area contributed by atoms with E-state index in [4.69, 9.17) is 0 Å². The van der Waals surface area contributed by atoms with Crippen LogP contribution in [0.15, 0.2) is 27.8 Å². The predicted octanol–water partition coefficient (Wildman–Crippen LogP) is 3.18. The van der Waals surface area contributed by atoms with Gasteiger partial charge < -0.3 is 5.32 Å². The summed E-state index contributed by atoms with van der Waals surface area (Å²) in [6.45, 7) is 4.46. The number of rotatable bonds is 5. The molecule has 2 nitrogen and oxygen atoms in total. The molecule has 0 fully saturated rings. The number of nitrogens with one attached hydrogen (secondary N) is 1. The van der Waals surface area contributed by atoms with Crippen LogP contribution in [0.4, 0.5) is 0 Å². The number of aromatic nitrogens is 1. The maximum Gasteiger partial charge on any atom is 0.110 e. The van der Waals surface area contributed by atoms with Crippen molar-refractivity contribution in [3.05, 3.63) is 22.8 Å². The van der Waals surface area contributed by atoms with E-state index in [-0.39, 0.29) is 0 Å². The lowest BCUT2D eigenvalue weighted by atomic mass is 10.1. The van der Waals surface area contributed by atoms with Gasteiger partial charge in [0.05, 0.1) is 0 Å². The summed E-state index contributed by atoms with van der Waals surface area (Å²) >= 11 is 5.29. The molecule has 1 atom stereocenters. The molecule has 1 heterocycles. The number of hydrogen-bond acceptors (Lipinski definition) is 3. The van der Waals surface area contributed by atoms with Crippen LogP contribution >= 0.6 is 27.7 Å². The summed E-state index contributed by atoms with van der Waals surface area (Å²) in [5, 5.41) is 4.40. The Labute approximate surface area is 104 Å². The molecule has 1 rings (SSSR count). The summed E-state index contributed by atoms with van der Waals surface area (Å²) in [5.74, 6) is 1.69. The molecule has 1 N–H and O–H groups in total. The molecule has 0 amide bonds. The van der Waals surface area contributed by atoms with E-state index in [0.29, 0.717) is 12.0 Å². The Bertz CT molecular complexity index is 304. The van der Waals surface area contributed by atoms with Gasteiger partial charge in [-0.1, -0.05) is 13.8 Å². The molecule has 0 spiro atoms. The van der Waals surface area contributed by atoms with Gasteiger partial charge in [-0.2, -0.15) is 0 Å². The summed E-state index contributed by atoms with van der Waals surface area (Å²) in [4.78, 5) is 4.33. The SMILES string of the molecule is CNC(CSc1ncccc1Br)C(C)C. The average molecular weight is 289 g/mol. The van der Waals surface area contributed by atoms with E-state index >= 15 is 0 Å². The van der Waals surface area contributed by atoms with Crippen molar-refractivity contribution in [2.75, 3.05) is 12.8 Å². The van der Waals surface area contributed by atoms with Gasteiger partial charge in [-0.3, -0.25) is 0 Å². The smallest absolute Gasteiger partial charge is 0.110 e. The minimum atomic E-state index is 0.531. The summed E-state index contributed by atoms with van der Waals surface area (Å²) < 4.78 is 1.08. The Morgan fingerprint density at radius 2 is 2.27 bits per heavy atom. The molecule has 1 unspecified atom stereocenters. The molecular formula is C11H17BrN2S. The third kappa shape index (κ3) is 4.13. The number of halogens is 1. The standard InChI is InChI=1S/C11H17BrN2S/c1-8(2)10(13-3)7-15-11-9(12)5-4-6-14-11/h4-6,8,10,13H,7H2,1-3H3. The molecule has 0 bridgehead atoms. The van der Waals surface area contributed by atoms with Crippen molar-refractivity contribution in [3.63, 3.8) is 0 Å². The van der Waals surface area contributed by atoms with Gasteiger partial charge in [0.25, 0.3) is 0 Å². The zero-order valence-electron chi connectivity index (χ0n) is 9.33. The summed E-state index contributed by atoms with van der Waals surface area (Å²) in [6, 6.07) is 4.49. The topological polar surface area (TPSA) is 24.9 Å². The van der Waals surface area contributed by atoms with Gasteiger partial charge in [-0.15, -0.1) is 11.8 Å². The Hall–Kier alpha value is -0.0600. The highest BCUT2D eigenvalue weighted by Gasteiger charge is 2.12. The maximum atomic E-state index is 4.33. The van der Waals surface area contributed by atoms with Crippen LogP contribution in [0.1, 0.15) is 13.8 Å². The van der Waals surface area contributed by atoms with Crippen LogP contribution in [0.5, 0.6) is 0 Å². The molecule has 0 saturated carbocycles. The van der Waals surface area contributed by atoms with Crippen LogP contribution in [0.3, 0.4) is 0 Å². The number of nitrogens with zero attached hydrogens (tertiary/aromatic N) is 1. The quantitative estimate of drug-likeness (QED) is 0.843. The van der Waals surface area contributed by atoms with E-state index in [0.717, 1.165) is 15.3 Å². The minimum absolute atomic E-state index is 0.531. The van der Waals surface area contributed by atoms with Crippen LogP contribution < -0.4 is 5.32 Å². The molecule has 0 aliphatic heterocycles. The largest absolute Gasteiger partial charge is 0.316 e. The first kappa shape index (κ1) is 13.0. The van der Waals surface area contributed by atoms with Crippen molar-refractivity contribution in [1.29, 1.82) is 0 Å². The molecule has 1 aromatic rings. The van der Waals surface area contributed by atoms with E-state index in [9.17, 15) is 0 Å². The van der Waals surface area contributed by atoms with Gasteiger partial charge in [0.2, 0.25) is 0 Å². The second-order valence-corrected chi connectivity index (χ2v) is 5.60. The maximum absolute atomic E-state index is 4.33. The molecule has 0 radical (unpaired) electrons. The van der Waals surface area contributed by atoms with Gasteiger partial charge in [-0.25, -0.2) is 4.98 Å². The lowest BCUT2D eigenvalue weighted by Gasteiger charge is -2.19. The molecule has 4 heteroatoms. The molecule has 1 aromatic heterocycles. The van der Waals surface area contributed by atoms with E-state index in [1.807, 2.05) is 25.4 Å². The lowest BCUT2D eigenvalue weighted by molar-refractivity contribution is 0.465. The van der Waals surface area contributed by atoms with Gasteiger partial charge in [0, 0.05) is 22.5 Å². The Kier molecular flexibility index (Phi) is 5.64. The fourth-order valence-corrected chi connectivity index (χ4v) is 3.08. The van der Waals surface area contributed by atoms with Gasteiger partial charge in [-0.05, 0) is 41.0 Å². The summed E-state index contributed by atoms with van der Waals surface area (Å²) in [7, 11) is 2.01. The highest BCUT2D eigenvalue weighted by Crippen LogP contribution is 2.25.